The SMILES string of the molecule is COc1ccc2c(c1)nc(C(C)c1ccc(Br)cc1)n2Cc1ccccc1Cl.COc1ccc2c(c1)nc(C(C)c1ccc(C#N)cc1)n2Cc1ccccc1Cl.[C-]#N.[C-]#N.[Pd].[Zn+2].c1ccc(P(c2ccccc2)c2ccccc2)cc1.c1ccc(P(c2ccccc2)c2ccccc2)cc1.c1ccc(P(c2ccccc2)c2ccccc2)cc1.c1ccc(P(c2ccccc2)c2ccccc2)cc1. The first-order valence-corrected chi connectivity index (χ1v) is 51.5. The first-order chi connectivity index (χ1) is 67.5. The molecule has 2 atom stereocenters. The van der Waals surface area contributed by atoms with E-state index in [9.17, 15) is 0 Å². The van der Waals surface area contributed by atoms with Gasteiger partial charge in [-0.15, -0.1) is 0 Å². The van der Waals surface area contributed by atoms with Gasteiger partial charge < -0.3 is 42.3 Å². The predicted molar refractivity (Wildman–Crippen MR) is 585 cm³/mol. The fourth-order valence-electron chi connectivity index (χ4n) is 15.7. The topological polar surface area (TPSA) is 125 Å². The number of hydrogen-bond donors (Lipinski definition) is 0. The van der Waals surface area contributed by atoms with E-state index in [0.717, 1.165) is 76.4 Å². The van der Waals surface area contributed by atoms with Gasteiger partial charge in [0.05, 0.1) is 61.0 Å². The number of nitriles is 1. The van der Waals surface area contributed by atoms with Crippen LogP contribution in [0.3, 0.4) is 0 Å². The van der Waals surface area contributed by atoms with E-state index in [4.69, 9.17) is 71.6 Å². The van der Waals surface area contributed by atoms with Gasteiger partial charge in [-0.25, -0.2) is 9.97 Å². The van der Waals surface area contributed by atoms with E-state index < -0.39 is 31.7 Å². The summed E-state index contributed by atoms with van der Waals surface area (Å²) in [6.45, 7) is 15.1. The molecule has 139 heavy (non-hydrogen) atoms. The maximum absolute atomic E-state index is 9.07. The molecule has 0 fully saturated rings. The summed E-state index contributed by atoms with van der Waals surface area (Å²) in [5, 5.41) is 39.8. The molecule has 0 amide bonds. The van der Waals surface area contributed by atoms with Crippen LogP contribution in [-0.2, 0) is 53.0 Å². The maximum Gasteiger partial charge on any atom is 2.00 e. The van der Waals surface area contributed by atoms with Gasteiger partial charge in [-0.1, -0.05) is 478 Å². The van der Waals surface area contributed by atoms with Crippen molar-refractivity contribution in [1.82, 2.24) is 19.1 Å². The van der Waals surface area contributed by atoms with Crippen LogP contribution in [0, 0.1) is 35.0 Å². The van der Waals surface area contributed by atoms with Crippen molar-refractivity contribution in [1.29, 1.82) is 15.8 Å². The van der Waals surface area contributed by atoms with E-state index >= 15 is 0 Å². The molecule has 2 aromatic heterocycles. The number of rotatable bonds is 22. The molecule has 684 valence electrons. The Morgan fingerprint density at radius 3 is 0.705 bits per heavy atom. The van der Waals surface area contributed by atoms with Crippen LogP contribution in [-0.4, -0.2) is 33.3 Å². The molecule has 0 aliphatic carbocycles. The van der Waals surface area contributed by atoms with Crippen LogP contribution in [0.5, 0.6) is 11.5 Å². The van der Waals surface area contributed by atoms with E-state index in [1.54, 1.807) is 14.2 Å². The number of methoxy groups -OCH3 is 2. The largest absolute Gasteiger partial charge is 2.00 e. The first-order valence-electron chi connectivity index (χ1n) is 44.5. The first kappa shape index (κ1) is 106. The summed E-state index contributed by atoms with van der Waals surface area (Å²) in [4.78, 5) is 9.91. The molecule has 0 bridgehead atoms. The second-order valence-electron chi connectivity index (χ2n) is 31.1. The molecule has 0 N–H and O–H groups in total. The molecule has 0 aliphatic heterocycles. The van der Waals surface area contributed by atoms with Crippen molar-refractivity contribution in [2.45, 2.75) is 38.8 Å². The Morgan fingerprint density at radius 1 is 0.302 bits per heavy atom. The standard InChI is InChI=1S/C24H20ClN3O.C23H20BrClN2O.4C18H15P.2CN.Pd.Zn/c1-16(18-9-7-17(14-26)8-10-18)24-27-22-13-20(29-2)11-12-23(22)28(24)15-19-5-3-4-6-21(19)25;1-15(16-7-9-18(24)10-8-16)23-26-21-13-19(28-2)11-12-22(21)27(23)14-17-5-3-4-6-20(17)25;4*1-4-10-16(11-5-1)19(17-12-6-2-7-13-17)18-14-8-3-9-15-18;2*1-2;;/h3-13,16H,15H2,1-2H3;3-13,15H,14H2,1-2H3;4*1-15H;;;;/q;;;;;;2*-1;;+2. The maximum atomic E-state index is 9.07. The van der Waals surface area contributed by atoms with Gasteiger partial charge in [0.25, 0.3) is 0 Å². The molecule has 0 saturated heterocycles. The Hall–Kier alpha value is -13.0. The molecule has 18 heteroatoms. The monoisotopic (exact) mass is 2130 g/mol. The molecular weight excluding hydrogens is 2030 g/mol. The van der Waals surface area contributed by atoms with Crippen LogP contribution >= 0.6 is 70.8 Å². The molecule has 2 unspecified atom stereocenters. The number of nitrogens with zero attached hydrogens (tertiary/aromatic N) is 7. The summed E-state index contributed by atoms with van der Waals surface area (Å²) in [7, 11) is 1.54. The van der Waals surface area contributed by atoms with Gasteiger partial charge in [-0.3, -0.25) is 0 Å². The van der Waals surface area contributed by atoms with Crippen LogP contribution in [0.4, 0.5) is 0 Å². The second kappa shape index (κ2) is 56.8. The Bertz CT molecular complexity index is 6260. The van der Waals surface area contributed by atoms with Crippen molar-refractivity contribution in [2.75, 3.05) is 14.2 Å². The molecule has 0 aliphatic rings. The molecule has 0 radical (unpaired) electrons. The summed E-state index contributed by atoms with van der Waals surface area (Å²) >= 11 is 16.4. The van der Waals surface area contributed by atoms with E-state index in [2.05, 4.69) is 445 Å². The van der Waals surface area contributed by atoms with Crippen molar-refractivity contribution < 1.29 is 49.4 Å². The van der Waals surface area contributed by atoms with Gasteiger partial charge in [-0.05, 0) is 178 Å². The zero-order chi connectivity index (χ0) is 95.7. The van der Waals surface area contributed by atoms with Gasteiger partial charge in [-0.2, -0.15) is 5.26 Å². The average Bonchev–Trinajstić information content (AvgIpc) is 1.64. The van der Waals surface area contributed by atoms with Crippen LogP contribution in [0.1, 0.15) is 65.1 Å². The number of fused-ring (bicyclic) bond motifs is 2. The molecule has 18 aromatic carbocycles. The third-order valence-electron chi connectivity index (χ3n) is 22.4. The molecule has 20 rings (SSSR count). The van der Waals surface area contributed by atoms with Gasteiger partial charge >= 0.3 is 19.5 Å². The summed E-state index contributed by atoms with van der Waals surface area (Å²) in [5.41, 5.74) is 8.98. The van der Waals surface area contributed by atoms with Crippen molar-refractivity contribution in [3.05, 3.63) is 565 Å². The number of halogens is 3. The zero-order valence-electron chi connectivity index (χ0n) is 77.3. The van der Waals surface area contributed by atoms with E-state index in [-0.39, 0.29) is 51.7 Å². The summed E-state index contributed by atoms with van der Waals surface area (Å²) in [6.07, 6.45) is 0. The van der Waals surface area contributed by atoms with Crippen molar-refractivity contribution in [2.24, 2.45) is 0 Å². The third-order valence-corrected chi connectivity index (χ3v) is 33.4. The molecular formula is C121H100BrCl2N7O2P4PdZn. The van der Waals surface area contributed by atoms with Crippen molar-refractivity contribution in [3.63, 3.8) is 0 Å². The summed E-state index contributed by atoms with van der Waals surface area (Å²) in [5.74, 6) is 3.70. The quantitative estimate of drug-likeness (QED) is 0.0376. The minimum absolute atomic E-state index is 0. The normalized spacial score (nSPS) is 10.8. The van der Waals surface area contributed by atoms with Crippen LogP contribution in [0.15, 0.2) is 502 Å². The van der Waals surface area contributed by atoms with Crippen molar-refractivity contribution in [3.8, 4) is 17.6 Å². The minimum Gasteiger partial charge on any atom is -0.512 e. The van der Waals surface area contributed by atoms with Crippen LogP contribution in [0.25, 0.3) is 22.1 Å². The number of benzene rings is 18. The van der Waals surface area contributed by atoms with E-state index in [1.807, 2.05) is 97.1 Å². The summed E-state index contributed by atoms with van der Waals surface area (Å²) < 4.78 is 16.3. The van der Waals surface area contributed by atoms with Gasteiger partial charge in [0, 0.05) is 58.9 Å². The number of imidazole rings is 2. The number of ether oxygens (including phenoxy) is 2. The smallest absolute Gasteiger partial charge is 0.512 e. The van der Waals surface area contributed by atoms with Crippen LogP contribution in [0.2, 0.25) is 10.0 Å². The molecule has 20 aromatic rings. The van der Waals surface area contributed by atoms with E-state index in [1.165, 1.54) is 69.2 Å². The third kappa shape index (κ3) is 29.6. The molecule has 9 nitrogen and oxygen atoms in total. The fraction of sp³-hybridized carbons (Fsp3) is 0.0661. The van der Waals surface area contributed by atoms with Crippen molar-refractivity contribution >= 4 is 157 Å². The predicted octanol–water partition coefficient (Wildman–Crippen LogP) is 26.4. The van der Waals surface area contributed by atoms with Gasteiger partial charge in [0.15, 0.2) is 0 Å². The number of aromatic nitrogens is 4. The minimum atomic E-state index is -0.446. The second-order valence-corrected chi connectivity index (χ2v) is 41.7. The Labute approximate surface area is 868 Å². The van der Waals surface area contributed by atoms with Gasteiger partial charge in [0.1, 0.15) is 23.1 Å². The Morgan fingerprint density at radius 2 is 0.504 bits per heavy atom. The number of hydrogen-bond acceptors (Lipinski definition) is 7. The fourth-order valence-corrected chi connectivity index (χ4v) is 25.6. The summed E-state index contributed by atoms with van der Waals surface area (Å²) in [6, 6.07) is 175. The average molecular weight is 2130 g/mol. The van der Waals surface area contributed by atoms with E-state index in [0.29, 0.717) is 18.7 Å². The Balaban J connectivity index is 0.000000160. The Kier molecular flexibility index (Phi) is 43.5. The zero-order valence-corrected chi connectivity index (χ0v) is 88.5. The molecule has 2 heterocycles. The molecule has 0 spiro atoms. The van der Waals surface area contributed by atoms with Crippen LogP contribution < -0.4 is 73.1 Å². The molecule has 0 saturated carbocycles. The van der Waals surface area contributed by atoms with Gasteiger partial charge in [0.2, 0.25) is 0 Å².